The van der Waals surface area contributed by atoms with Crippen molar-refractivity contribution in [2.75, 3.05) is 33.0 Å². The Morgan fingerprint density at radius 3 is 1.35 bits per heavy atom. The van der Waals surface area contributed by atoms with E-state index in [0.717, 1.165) is 101 Å². The Kier molecular flexibility index (Phi) is 29.3. The molecular weight excluding hydrogens is 1280 g/mol. The van der Waals surface area contributed by atoms with E-state index in [4.69, 9.17) is 90.0 Å². The van der Waals surface area contributed by atoms with Crippen LogP contribution in [0.25, 0.3) is 0 Å². The number of hydrogen-bond donors (Lipinski definition) is 0. The van der Waals surface area contributed by atoms with Gasteiger partial charge in [0.05, 0.1) is 44.1 Å². The fraction of sp³-hybridized carbons (Fsp3) is 0.712. The van der Waals surface area contributed by atoms with Crippen molar-refractivity contribution in [1.29, 1.82) is 0 Å². The van der Waals surface area contributed by atoms with Gasteiger partial charge in [-0.3, -0.25) is 62.3 Å². The number of amides is 1. The molecule has 3 fully saturated rings. The van der Waals surface area contributed by atoms with Crippen molar-refractivity contribution in [1.82, 2.24) is 19.9 Å². The fourth-order valence-electron chi connectivity index (χ4n) is 10.9. The number of hydrogen-bond acceptors (Lipinski definition) is 34. The number of rotatable bonds is 29. The minimum Gasteiger partial charge on any atom is -0.463 e. The van der Waals surface area contributed by atoms with Crippen LogP contribution in [0.1, 0.15) is 116 Å². The number of ether oxygens (including phenoxy) is 19. The van der Waals surface area contributed by atoms with Crippen LogP contribution >= 0.6 is 0 Å². The lowest BCUT2D eigenvalue weighted by molar-refractivity contribution is -0.378. The normalized spacial score (nSPS) is 29.5. The van der Waals surface area contributed by atoms with Crippen LogP contribution in [0.2, 0.25) is 0 Å². The molecule has 0 aromatic carbocycles. The zero-order chi connectivity index (χ0) is 70.7. The molecule has 1 aromatic heterocycles. The Hall–Kier alpha value is -8.29. The number of esters is 12. The summed E-state index contributed by atoms with van der Waals surface area (Å²) in [5.74, 6) is -12.9. The lowest BCUT2D eigenvalue weighted by Gasteiger charge is -2.53. The Labute approximate surface area is 544 Å². The van der Waals surface area contributed by atoms with Crippen molar-refractivity contribution in [3.8, 4) is 0 Å². The third-order valence-electron chi connectivity index (χ3n) is 14.1. The van der Waals surface area contributed by atoms with E-state index in [2.05, 4.69) is 10.3 Å². The first kappa shape index (κ1) is 77.4. The summed E-state index contributed by atoms with van der Waals surface area (Å²) in [7, 11) is 0. The van der Waals surface area contributed by atoms with Gasteiger partial charge in [-0.1, -0.05) is 18.2 Å². The van der Waals surface area contributed by atoms with Crippen LogP contribution < -0.4 is 0 Å². The largest absolute Gasteiger partial charge is 0.463 e. The number of nitrogens with zero attached hydrogens (tertiary/aromatic N) is 4. The summed E-state index contributed by atoms with van der Waals surface area (Å²) in [5.41, 5.74) is 0.137. The Bertz CT molecular complexity index is 2950. The Morgan fingerprint density at radius 1 is 0.463 bits per heavy atom. The smallest absolute Gasteiger partial charge is 0.303 e. The van der Waals surface area contributed by atoms with Crippen LogP contribution in [0.15, 0.2) is 17.8 Å². The predicted molar refractivity (Wildman–Crippen MR) is 305 cm³/mol. The average Bonchev–Trinajstić information content (AvgIpc) is 0.967. The van der Waals surface area contributed by atoms with Crippen LogP contribution in [-0.4, -0.2) is 247 Å². The predicted octanol–water partition coefficient (Wildman–Crippen LogP) is -0.213. The highest BCUT2D eigenvalue weighted by Crippen LogP contribution is 2.41. The van der Waals surface area contributed by atoms with Crippen LogP contribution in [-0.2, 0) is 165 Å². The number of carbonyl (C=O) groups excluding carboxylic acids is 13. The molecule has 5 rings (SSSR count). The first-order valence-corrected chi connectivity index (χ1v) is 30.0. The van der Waals surface area contributed by atoms with Crippen molar-refractivity contribution in [2.45, 2.75) is 240 Å². The standard InChI is InChI=1S/C59H82N4O32/c1-16-18-77-19-17-62-21-41(60-61-62)23-81-57-55(90-38(14)75)52(87-35(11)72)48(43(92-57)24-79-29(5)66)95-59-56(91-39(15)76)53(88-36(12)73)49(44(93-59)25-80-30(6)67)94-58-54(89-37(13)74)50(85-33(9)70)45(26(2)82-58)63(27(3)64)42-20-40(22-78-28(4)65)46(83-31(7)68)51(86-34(10)71)47(42)84-32(8)69/h20-21,26,42-59H,16-19,22-25H2,1-15H3/t26-,42+,43-,44-,45-,46-,47+,48-,49-,50+,51+,52+,53+,54-,55-,56-,57-,58-,59-/m1/s1. The van der Waals surface area contributed by atoms with Gasteiger partial charge in [0.15, 0.2) is 73.8 Å². The lowest BCUT2D eigenvalue weighted by atomic mass is 9.84. The van der Waals surface area contributed by atoms with Gasteiger partial charge in [-0.15, -0.1) is 5.10 Å². The number of carbonyl (C=O) groups is 13. The van der Waals surface area contributed by atoms with Crippen LogP contribution in [0.5, 0.6) is 0 Å². The van der Waals surface area contributed by atoms with E-state index < -0.39 is 214 Å². The third kappa shape index (κ3) is 22.7. The molecule has 0 bridgehead atoms. The minimum atomic E-state index is -2.12. The molecule has 0 unspecified atom stereocenters. The molecule has 0 spiro atoms. The Morgan fingerprint density at radius 2 is 0.884 bits per heavy atom. The molecule has 3 aliphatic heterocycles. The summed E-state index contributed by atoms with van der Waals surface area (Å²) in [5, 5.41) is 8.18. The van der Waals surface area contributed by atoms with Gasteiger partial charge >= 0.3 is 71.6 Å². The van der Waals surface area contributed by atoms with Crippen molar-refractivity contribution in [2.24, 2.45) is 0 Å². The monoisotopic (exact) mass is 1360 g/mol. The van der Waals surface area contributed by atoms with Crippen LogP contribution in [0.4, 0.5) is 0 Å². The summed E-state index contributed by atoms with van der Waals surface area (Å²) < 4.78 is 114. The van der Waals surface area contributed by atoms with Gasteiger partial charge in [0, 0.05) is 102 Å². The van der Waals surface area contributed by atoms with E-state index in [1.54, 1.807) is 0 Å². The van der Waals surface area contributed by atoms with Crippen LogP contribution in [0, 0.1) is 0 Å². The maximum atomic E-state index is 14.5. The van der Waals surface area contributed by atoms with Crippen molar-refractivity contribution in [3.05, 3.63) is 23.5 Å². The van der Waals surface area contributed by atoms with E-state index in [0.29, 0.717) is 19.8 Å². The van der Waals surface area contributed by atoms with Gasteiger partial charge in [-0.2, -0.15) is 0 Å². The van der Waals surface area contributed by atoms with Crippen molar-refractivity contribution < 1.29 is 152 Å². The molecule has 1 aliphatic carbocycles. The molecule has 36 heteroatoms. The second-order valence-corrected chi connectivity index (χ2v) is 22.1. The lowest BCUT2D eigenvalue weighted by Crippen LogP contribution is -2.71. The zero-order valence-electron chi connectivity index (χ0n) is 55.1. The molecule has 1 aromatic rings. The van der Waals surface area contributed by atoms with Gasteiger partial charge in [0.1, 0.15) is 49.9 Å². The third-order valence-corrected chi connectivity index (χ3v) is 14.1. The van der Waals surface area contributed by atoms with E-state index in [1.165, 1.54) is 23.9 Å². The number of aromatic nitrogens is 3. The molecule has 1 amide bonds. The highest BCUT2D eigenvalue weighted by atomic mass is 16.8. The zero-order valence-corrected chi connectivity index (χ0v) is 55.1. The molecule has 0 radical (unpaired) electrons. The second-order valence-electron chi connectivity index (χ2n) is 22.1. The van der Waals surface area contributed by atoms with Gasteiger partial charge in [-0.25, -0.2) is 4.68 Å². The maximum Gasteiger partial charge on any atom is 0.303 e. The maximum absolute atomic E-state index is 14.5. The molecule has 36 nitrogen and oxygen atoms in total. The topological polar surface area (TPSA) is 431 Å². The quantitative estimate of drug-likeness (QED) is 0.0433. The molecule has 95 heavy (non-hydrogen) atoms. The molecule has 19 atom stereocenters. The molecule has 4 heterocycles. The van der Waals surface area contributed by atoms with E-state index in [1.807, 2.05) is 6.92 Å². The van der Waals surface area contributed by atoms with Gasteiger partial charge in [-0.05, 0) is 13.3 Å². The van der Waals surface area contributed by atoms with Gasteiger partial charge in [0.25, 0.3) is 0 Å². The molecule has 530 valence electrons. The molecule has 0 saturated carbocycles. The first-order chi connectivity index (χ1) is 44.7. The fourth-order valence-corrected chi connectivity index (χ4v) is 10.9. The van der Waals surface area contributed by atoms with E-state index in [-0.39, 0.29) is 17.9 Å². The van der Waals surface area contributed by atoms with Gasteiger partial charge < -0.3 is 94.9 Å². The molecule has 3 saturated heterocycles. The summed E-state index contributed by atoms with van der Waals surface area (Å²) in [6.07, 6.45) is -28.0. The van der Waals surface area contributed by atoms with Crippen molar-refractivity contribution >= 4 is 77.5 Å². The minimum absolute atomic E-state index is 0.108. The van der Waals surface area contributed by atoms with Crippen LogP contribution in [0.3, 0.4) is 0 Å². The Balaban J connectivity index is 1.67. The summed E-state index contributed by atoms with van der Waals surface area (Å²) in [4.78, 5) is 171. The van der Waals surface area contributed by atoms with E-state index >= 15 is 0 Å². The van der Waals surface area contributed by atoms with E-state index in [9.17, 15) is 62.3 Å². The first-order valence-electron chi connectivity index (χ1n) is 30.0. The summed E-state index contributed by atoms with van der Waals surface area (Å²) in [6, 6.07) is -3.37. The summed E-state index contributed by atoms with van der Waals surface area (Å²) >= 11 is 0. The molecular formula is C59H82N4O32. The van der Waals surface area contributed by atoms with Gasteiger partial charge in [0.2, 0.25) is 5.91 Å². The average molecular weight is 1360 g/mol. The molecule has 4 aliphatic rings. The SMILES string of the molecule is CCCOCCn1cc(CO[C@@H]2O[C@H](COC(C)=O)[C@@H](O[C@H]3O[C@H](COC(C)=O)[C@@H](O[C@H]4O[C@H](C)[C@@H](N(C(C)=O)[C@H]5C=C(COC(C)=O)[C@@H](OC(C)=O)[C@H](OC(C)=O)[C@H]5OC(C)=O)[C@H](OC(C)=O)[C@H]4OC(C)=O)[C@H](OC(C)=O)[C@H]3OC(C)=O)[C@H](OC(C)=O)[C@H]2OC(C)=O)nn1. The summed E-state index contributed by atoms with van der Waals surface area (Å²) in [6.45, 7) is 14.6. The highest BCUT2D eigenvalue weighted by Gasteiger charge is 2.61. The highest BCUT2D eigenvalue weighted by molar-refractivity contribution is 5.76. The van der Waals surface area contributed by atoms with Crippen molar-refractivity contribution in [3.63, 3.8) is 0 Å². The second kappa shape index (κ2) is 36.0. The molecule has 0 N–H and O–H groups in total.